The Morgan fingerprint density at radius 1 is 1.22 bits per heavy atom. The van der Waals surface area contributed by atoms with Gasteiger partial charge in [0.15, 0.2) is 0 Å². The lowest BCUT2D eigenvalue weighted by atomic mass is 10.2. The first-order valence-electron chi connectivity index (χ1n) is 5.41. The van der Waals surface area contributed by atoms with Crippen LogP contribution in [0.1, 0.15) is 18.7 Å². The Balaban J connectivity index is 2.21. The molecule has 1 aromatic heterocycles. The lowest BCUT2D eigenvalue weighted by Crippen LogP contribution is -2.06. The Labute approximate surface area is 115 Å². The number of ether oxygens (including phenoxy) is 1. The van der Waals surface area contributed by atoms with Crippen molar-refractivity contribution in [3.63, 3.8) is 0 Å². The molecular weight excluding hydrogens is 271 g/mol. The highest BCUT2D eigenvalue weighted by atomic mass is 35.5. The van der Waals surface area contributed by atoms with Gasteiger partial charge in [0.05, 0.1) is 16.9 Å². The first-order chi connectivity index (χ1) is 8.58. The maximum Gasteiger partial charge on any atom is 0.147 e. The van der Waals surface area contributed by atoms with Gasteiger partial charge in [-0.2, -0.15) is 0 Å². The SMILES string of the molecule is C[C@@H](N)c1ccc(Oc2cccc(Cl)c2Cl)cn1. The Morgan fingerprint density at radius 2 is 2.00 bits per heavy atom. The van der Waals surface area contributed by atoms with Crippen LogP contribution in [0, 0.1) is 0 Å². The summed E-state index contributed by atoms with van der Waals surface area (Å²) in [7, 11) is 0. The van der Waals surface area contributed by atoms with Crippen LogP contribution in [0.15, 0.2) is 36.5 Å². The van der Waals surface area contributed by atoms with Gasteiger partial charge in [0.25, 0.3) is 0 Å². The van der Waals surface area contributed by atoms with Crippen molar-refractivity contribution in [2.45, 2.75) is 13.0 Å². The van der Waals surface area contributed by atoms with E-state index in [-0.39, 0.29) is 6.04 Å². The van der Waals surface area contributed by atoms with Crippen molar-refractivity contribution >= 4 is 23.2 Å². The van der Waals surface area contributed by atoms with Gasteiger partial charge in [-0.25, -0.2) is 0 Å². The minimum absolute atomic E-state index is 0.103. The summed E-state index contributed by atoms with van der Waals surface area (Å²) in [5.74, 6) is 1.09. The molecule has 1 atom stereocenters. The zero-order valence-electron chi connectivity index (χ0n) is 9.73. The smallest absolute Gasteiger partial charge is 0.147 e. The number of benzene rings is 1. The summed E-state index contributed by atoms with van der Waals surface area (Å²) in [6.45, 7) is 1.87. The van der Waals surface area contributed by atoms with Crippen LogP contribution in [0.3, 0.4) is 0 Å². The molecule has 2 aromatic rings. The highest BCUT2D eigenvalue weighted by Crippen LogP contribution is 2.34. The molecule has 2 rings (SSSR count). The van der Waals surface area contributed by atoms with E-state index in [2.05, 4.69) is 4.98 Å². The van der Waals surface area contributed by atoms with Crippen molar-refractivity contribution in [1.82, 2.24) is 4.98 Å². The first-order valence-corrected chi connectivity index (χ1v) is 6.17. The number of aromatic nitrogens is 1. The van der Waals surface area contributed by atoms with Crippen LogP contribution >= 0.6 is 23.2 Å². The van der Waals surface area contributed by atoms with Gasteiger partial charge >= 0.3 is 0 Å². The Kier molecular flexibility index (Phi) is 4.07. The third-order valence-corrected chi connectivity index (χ3v) is 3.17. The highest BCUT2D eigenvalue weighted by Gasteiger charge is 2.07. The summed E-state index contributed by atoms with van der Waals surface area (Å²) in [6.07, 6.45) is 1.61. The van der Waals surface area contributed by atoms with E-state index in [1.807, 2.05) is 13.0 Å². The monoisotopic (exact) mass is 282 g/mol. The molecule has 5 heteroatoms. The number of halogens is 2. The van der Waals surface area contributed by atoms with Gasteiger partial charge in [0.2, 0.25) is 0 Å². The van der Waals surface area contributed by atoms with E-state index in [9.17, 15) is 0 Å². The van der Waals surface area contributed by atoms with Crippen LogP contribution in [0.4, 0.5) is 0 Å². The summed E-state index contributed by atoms with van der Waals surface area (Å²) >= 11 is 11.9. The van der Waals surface area contributed by atoms with E-state index in [1.54, 1.807) is 30.5 Å². The van der Waals surface area contributed by atoms with Gasteiger partial charge < -0.3 is 10.5 Å². The molecule has 94 valence electrons. The maximum atomic E-state index is 6.03. The van der Waals surface area contributed by atoms with Gasteiger partial charge in [-0.1, -0.05) is 29.3 Å². The minimum atomic E-state index is -0.103. The highest BCUT2D eigenvalue weighted by molar-refractivity contribution is 6.42. The van der Waals surface area contributed by atoms with Crippen LogP contribution in [0.5, 0.6) is 11.5 Å². The maximum absolute atomic E-state index is 6.03. The molecule has 0 saturated heterocycles. The quantitative estimate of drug-likeness (QED) is 0.918. The summed E-state index contributed by atoms with van der Waals surface area (Å²) in [6, 6.07) is 8.73. The Morgan fingerprint density at radius 3 is 2.61 bits per heavy atom. The molecular formula is C13H12Cl2N2O. The number of nitrogens with two attached hydrogens (primary N) is 1. The lowest BCUT2D eigenvalue weighted by molar-refractivity contribution is 0.479. The van der Waals surface area contributed by atoms with Gasteiger partial charge in [-0.05, 0) is 31.2 Å². The van der Waals surface area contributed by atoms with Gasteiger partial charge in [0, 0.05) is 6.04 Å². The molecule has 0 bridgehead atoms. The number of hydrogen-bond donors (Lipinski definition) is 1. The number of pyridine rings is 1. The summed E-state index contributed by atoms with van der Waals surface area (Å²) in [5, 5.41) is 0.838. The van der Waals surface area contributed by atoms with E-state index in [0.29, 0.717) is 21.5 Å². The average Bonchev–Trinajstić information content (AvgIpc) is 2.36. The lowest BCUT2D eigenvalue weighted by Gasteiger charge is -2.09. The van der Waals surface area contributed by atoms with Crippen molar-refractivity contribution in [2.75, 3.05) is 0 Å². The van der Waals surface area contributed by atoms with E-state index in [0.717, 1.165) is 5.69 Å². The fourth-order valence-corrected chi connectivity index (χ4v) is 1.74. The van der Waals surface area contributed by atoms with Crippen LogP contribution in [0.2, 0.25) is 10.0 Å². The van der Waals surface area contributed by atoms with E-state index in [1.165, 1.54) is 0 Å². The summed E-state index contributed by atoms with van der Waals surface area (Å²) in [5.41, 5.74) is 6.52. The molecule has 0 aliphatic heterocycles. The van der Waals surface area contributed by atoms with Crippen molar-refractivity contribution in [3.05, 3.63) is 52.3 Å². The average molecular weight is 283 g/mol. The molecule has 18 heavy (non-hydrogen) atoms. The van der Waals surface area contributed by atoms with E-state index >= 15 is 0 Å². The van der Waals surface area contributed by atoms with Crippen molar-refractivity contribution < 1.29 is 4.74 Å². The van der Waals surface area contributed by atoms with Crippen LogP contribution in [0.25, 0.3) is 0 Å². The van der Waals surface area contributed by atoms with Gasteiger partial charge in [-0.3, -0.25) is 4.98 Å². The topological polar surface area (TPSA) is 48.1 Å². The minimum Gasteiger partial charge on any atom is -0.454 e. The molecule has 0 aliphatic carbocycles. The standard InChI is InChI=1S/C13H12Cl2N2O/c1-8(16)11-6-5-9(7-17-11)18-12-4-2-3-10(14)13(12)15/h2-8H,16H2,1H3/t8-/m1/s1. The molecule has 0 aliphatic rings. The normalized spacial score (nSPS) is 12.2. The van der Waals surface area contributed by atoms with Gasteiger partial charge in [0.1, 0.15) is 16.5 Å². The third-order valence-electron chi connectivity index (χ3n) is 2.37. The molecule has 2 N–H and O–H groups in total. The zero-order chi connectivity index (χ0) is 13.1. The molecule has 1 aromatic carbocycles. The Bertz CT molecular complexity index is 541. The third kappa shape index (κ3) is 2.93. The molecule has 0 amide bonds. The summed E-state index contributed by atoms with van der Waals surface area (Å²) < 4.78 is 5.60. The summed E-state index contributed by atoms with van der Waals surface area (Å²) in [4.78, 5) is 4.20. The van der Waals surface area contributed by atoms with Crippen LogP contribution < -0.4 is 10.5 Å². The molecule has 0 saturated carbocycles. The fourth-order valence-electron chi connectivity index (χ4n) is 1.41. The van der Waals surface area contributed by atoms with Crippen molar-refractivity contribution in [1.29, 1.82) is 0 Å². The molecule has 0 spiro atoms. The largest absolute Gasteiger partial charge is 0.454 e. The zero-order valence-corrected chi connectivity index (χ0v) is 11.2. The first kappa shape index (κ1) is 13.1. The van der Waals surface area contributed by atoms with Crippen molar-refractivity contribution in [3.8, 4) is 11.5 Å². The van der Waals surface area contributed by atoms with E-state index in [4.69, 9.17) is 33.7 Å². The predicted molar refractivity (Wildman–Crippen MR) is 73.4 cm³/mol. The van der Waals surface area contributed by atoms with Crippen molar-refractivity contribution in [2.24, 2.45) is 5.73 Å². The molecule has 0 radical (unpaired) electrons. The van der Waals surface area contributed by atoms with E-state index < -0.39 is 0 Å². The second-order valence-electron chi connectivity index (χ2n) is 3.86. The number of hydrogen-bond acceptors (Lipinski definition) is 3. The van der Waals surface area contributed by atoms with Crippen LogP contribution in [-0.4, -0.2) is 4.98 Å². The number of rotatable bonds is 3. The van der Waals surface area contributed by atoms with Gasteiger partial charge in [-0.15, -0.1) is 0 Å². The molecule has 1 heterocycles. The number of nitrogens with zero attached hydrogens (tertiary/aromatic N) is 1. The predicted octanol–water partition coefficient (Wildman–Crippen LogP) is 4.20. The van der Waals surface area contributed by atoms with Crippen LogP contribution in [-0.2, 0) is 0 Å². The molecule has 0 fully saturated rings. The molecule has 3 nitrogen and oxygen atoms in total. The second-order valence-corrected chi connectivity index (χ2v) is 4.65. The second kappa shape index (κ2) is 5.57. The Hall–Kier alpha value is -1.29. The molecule has 0 unspecified atom stereocenters. The fraction of sp³-hybridized carbons (Fsp3) is 0.154.